The Morgan fingerprint density at radius 3 is 2.52 bits per heavy atom. The van der Waals surface area contributed by atoms with Gasteiger partial charge in [-0.15, -0.1) is 0 Å². The first-order valence-corrected chi connectivity index (χ1v) is 7.86. The van der Waals surface area contributed by atoms with Crippen molar-refractivity contribution in [1.29, 1.82) is 0 Å². The predicted octanol–water partition coefficient (Wildman–Crippen LogP) is 2.70. The van der Waals surface area contributed by atoms with Crippen LogP contribution in [0.5, 0.6) is 5.75 Å². The summed E-state index contributed by atoms with van der Waals surface area (Å²) in [5, 5.41) is 0. The zero-order valence-electron chi connectivity index (χ0n) is 12.2. The van der Waals surface area contributed by atoms with E-state index in [1.807, 2.05) is 19.9 Å². The SMILES string of the molecule is COc1cc(N)ccc1S(=O)(=O)Nc1cccc(C)c1C. The number of hydrogen-bond donors (Lipinski definition) is 2. The second-order valence-corrected chi connectivity index (χ2v) is 6.41. The normalized spacial score (nSPS) is 11.2. The van der Waals surface area contributed by atoms with Gasteiger partial charge < -0.3 is 10.5 Å². The van der Waals surface area contributed by atoms with E-state index in [1.165, 1.54) is 25.3 Å². The summed E-state index contributed by atoms with van der Waals surface area (Å²) in [6, 6.07) is 9.90. The van der Waals surface area contributed by atoms with Gasteiger partial charge in [0.25, 0.3) is 10.0 Å². The number of hydrogen-bond acceptors (Lipinski definition) is 4. The number of anilines is 2. The molecular weight excluding hydrogens is 288 g/mol. The van der Waals surface area contributed by atoms with Gasteiger partial charge in [0.1, 0.15) is 10.6 Å². The molecule has 6 heteroatoms. The van der Waals surface area contributed by atoms with Crippen molar-refractivity contribution in [1.82, 2.24) is 0 Å². The van der Waals surface area contributed by atoms with Gasteiger partial charge in [-0.1, -0.05) is 12.1 Å². The maximum Gasteiger partial charge on any atom is 0.265 e. The van der Waals surface area contributed by atoms with Crippen LogP contribution >= 0.6 is 0 Å². The van der Waals surface area contributed by atoms with Crippen molar-refractivity contribution in [2.45, 2.75) is 18.7 Å². The molecular formula is C15H18N2O3S. The summed E-state index contributed by atoms with van der Waals surface area (Å²) in [6.07, 6.45) is 0. The summed E-state index contributed by atoms with van der Waals surface area (Å²) in [4.78, 5) is 0.0557. The van der Waals surface area contributed by atoms with E-state index in [9.17, 15) is 8.42 Å². The van der Waals surface area contributed by atoms with Crippen LogP contribution < -0.4 is 15.2 Å². The van der Waals surface area contributed by atoms with Crippen LogP contribution in [0.25, 0.3) is 0 Å². The van der Waals surface area contributed by atoms with E-state index in [4.69, 9.17) is 10.5 Å². The first kappa shape index (κ1) is 15.2. The number of nitrogens with two attached hydrogens (primary N) is 1. The predicted molar refractivity (Wildman–Crippen MR) is 84.1 cm³/mol. The lowest BCUT2D eigenvalue weighted by Crippen LogP contribution is -2.15. The molecule has 0 aliphatic carbocycles. The smallest absolute Gasteiger partial charge is 0.265 e. The quantitative estimate of drug-likeness (QED) is 0.851. The molecule has 0 amide bonds. The standard InChI is InChI=1S/C15H18N2O3S/c1-10-5-4-6-13(11(10)2)17-21(18,19)15-8-7-12(16)9-14(15)20-3/h4-9,17H,16H2,1-3H3. The Kier molecular flexibility index (Phi) is 4.09. The van der Waals surface area contributed by atoms with Gasteiger partial charge in [0.15, 0.2) is 0 Å². The molecule has 0 saturated carbocycles. The maximum absolute atomic E-state index is 12.5. The molecule has 3 N–H and O–H groups in total. The Bertz CT molecular complexity index is 770. The molecule has 0 saturated heterocycles. The number of sulfonamides is 1. The molecule has 2 aromatic rings. The van der Waals surface area contributed by atoms with Gasteiger partial charge in [-0.25, -0.2) is 8.42 Å². The topological polar surface area (TPSA) is 81.4 Å². The lowest BCUT2D eigenvalue weighted by Gasteiger charge is -2.14. The summed E-state index contributed by atoms with van der Waals surface area (Å²) < 4.78 is 32.7. The summed E-state index contributed by atoms with van der Waals surface area (Å²) in [5.74, 6) is 0.216. The molecule has 0 unspecified atom stereocenters. The van der Waals surface area contributed by atoms with Gasteiger partial charge in [0.05, 0.1) is 12.8 Å². The van der Waals surface area contributed by atoms with E-state index < -0.39 is 10.0 Å². The number of nitrogen functional groups attached to an aromatic ring is 1. The van der Waals surface area contributed by atoms with Crippen molar-refractivity contribution in [2.75, 3.05) is 17.6 Å². The van der Waals surface area contributed by atoms with Gasteiger partial charge in [-0.3, -0.25) is 4.72 Å². The number of methoxy groups -OCH3 is 1. The Morgan fingerprint density at radius 1 is 1.14 bits per heavy atom. The van der Waals surface area contributed by atoms with Crippen LogP contribution in [-0.2, 0) is 10.0 Å². The van der Waals surface area contributed by atoms with Crippen LogP contribution in [0.3, 0.4) is 0 Å². The molecule has 0 bridgehead atoms. The van der Waals surface area contributed by atoms with Crippen LogP contribution in [0.1, 0.15) is 11.1 Å². The molecule has 0 aromatic heterocycles. The zero-order valence-corrected chi connectivity index (χ0v) is 13.0. The van der Waals surface area contributed by atoms with E-state index >= 15 is 0 Å². The van der Waals surface area contributed by atoms with Gasteiger partial charge in [0.2, 0.25) is 0 Å². The fraction of sp³-hybridized carbons (Fsp3) is 0.200. The molecule has 0 radical (unpaired) electrons. The van der Waals surface area contributed by atoms with E-state index in [2.05, 4.69) is 4.72 Å². The zero-order chi connectivity index (χ0) is 15.6. The lowest BCUT2D eigenvalue weighted by molar-refractivity contribution is 0.403. The number of rotatable bonds is 4. The van der Waals surface area contributed by atoms with E-state index in [1.54, 1.807) is 12.1 Å². The summed E-state index contributed by atoms with van der Waals surface area (Å²) in [7, 11) is -2.33. The molecule has 5 nitrogen and oxygen atoms in total. The van der Waals surface area contributed by atoms with Crippen LogP contribution in [0, 0.1) is 13.8 Å². The molecule has 0 aliphatic rings. The molecule has 2 rings (SSSR count). The third kappa shape index (κ3) is 3.11. The first-order chi connectivity index (χ1) is 9.85. The highest BCUT2D eigenvalue weighted by Gasteiger charge is 2.20. The van der Waals surface area contributed by atoms with Crippen molar-refractivity contribution in [3.8, 4) is 5.75 Å². The molecule has 0 heterocycles. The fourth-order valence-corrected chi connectivity index (χ4v) is 3.24. The Balaban J connectivity index is 2.46. The third-order valence-electron chi connectivity index (χ3n) is 3.33. The highest BCUT2D eigenvalue weighted by molar-refractivity contribution is 7.92. The number of nitrogens with one attached hydrogen (secondary N) is 1. The molecule has 0 aliphatic heterocycles. The minimum absolute atomic E-state index is 0.0557. The van der Waals surface area contributed by atoms with Crippen LogP contribution in [0.2, 0.25) is 0 Å². The minimum atomic E-state index is -3.74. The largest absolute Gasteiger partial charge is 0.495 e. The van der Waals surface area contributed by atoms with Gasteiger partial charge in [-0.2, -0.15) is 0 Å². The number of ether oxygens (including phenoxy) is 1. The number of aryl methyl sites for hydroxylation is 1. The highest BCUT2D eigenvalue weighted by atomic mass is 32.2. The Morgan fingerprint density at radius 2 is 1.86 bits per heavy atom. The second-order valence-electron chi connectivity index (χ2n) is 4.76. The number of benzene rings is 2. The van der Waals surface area contributed by atoms with Gasteiger partial charge in [0, 0.05) is 11.8 Å². The molecule has 0 fully saturated rings. The monoisotopic (exact) mass is 306 g/mol. The lowest BCUT2D eigenvalue weighted by atomic mass is 10.1. The van der Waals surface area contributed by atoms with Gasteiger partial charge in [-0.05, 0) is 43.2 Å². The molecule has 112 valence electrons. The van der Waals surface area contributed by atoms with Crippen molar-refractivity contribution in [3.63, 3.8) is 0 Å². The Labute approximate surface area is 124 Å². The molecule has 2 aromatic carbocycles. The Hall–Kier alpha value is -2.21. The van der Waals surface area contributed by atoms with E-state index in [0.717, 1.165) is 11.1 Å². The molecule has 0 spiro atoms. The summed E-state index contributed by atoms with van der Waals surface area (Å²) >= 11 is 0. The van der Waals surface area contributed by atoms with Crippen molar-refractivity contribution >= 4 is 21.4 Å². The van der Waals surface area contributed by atoms with Crippen LogP contribution in [0.4, 0.5) is 11.4 Å². The second kappa shape index (κ2) is 5.65. The molecule has 0 atom stereocenters. The van der Waals surface area contributed by atoms with Crippen LogP contribution in [0.15, 0.2) is 41.3 Å². The minimum Gasteiger partial charge on any atom is -0.495 e. The average molecular weight is 306 g/mol. The van der Waals surface area contributed by atoms with Crippen molar-refractivity contribution < 1.29 is 13.2 Å². The van der Waals surface area contributed by atoms with Crippen molar-refractivity contribution in [3.05, 3.63) is 47.5 Å². The third-order valence-corrected chi connectivity index (χ3v) is 4.73. The van der Waals surface area contributed by atoms with Crippen molar-refractivity contribution in [2.24, 2.45) is 0 Å². The van der Waals surface area contributed by atoms with E-state index in [-0.39, 0.29) is 10.6 Å². The maximum atomic E-state index is 12.5. The highest BCUT2D eigenvalue weighted by Crippen LogP contribution is 2.29. The van der Waals surface area contributed by atoms with Crippen LogP contribution in [-0.4, -0.2) is 15.5 Å². The summed E-state index contributed by atoms with van der Waals surface area (Å²) in [5.41, 5.74) is 8.54. The molecule has 21 heavy (non-hydrogen) atoms. The summed E-state index contributed by atoms with van der Waals surface area (Å²) in [6.45, 7) is 3.80. The fourth-order valence-electron chi connectivity index (χ4n) is 1.97. The van der Waals surface area contributed by atoms with Gasteiger partial charge >= 0.3 is 0 Å². The average Bonchev–Trinajstić information content (AvgIpc) is 2.43. The van der Waals surface area contributed by atoms with E-state index in [0.29, 0.717) is 11.4 Å². The first-order valence-electron chi connectivity index (χ1n) is 6.37.